The molecule has 0 saturated heterocycles. The smallest absolute Gasteiger partial charge is 0.257 e. The molecule has 8 rings (SSSR count). The summed E-state index contributed by atoms with van der Waals surface area (Å²) in [5.74, 6) is 1.91. The Bertz CT molecular complexity index is 1750. The van der Waals surface area contributed by atoms with Gasteiger partial charge in [0.1, 0.15) is 11.5 Å². The van der Waals surface area contributed by atoms with Gasteiger partial charge in [-0.2, -0.15) is 0 Å². The first-order valence-electron chi connectivity index (χ1n) is 11.4. The van der Waals surface area contributed by atoms with Crippen molar-refractivity contribution < 1.29 is 4.74 Å². The maximum absolute atomic E-state index is 6.60. The highest BCUT2D eigenvalue weighted by Gasteiger charge is 2.41. The van der Waals surface area contributed by atoms with E-state index in [9.17, 15) is 0 Å². The van der Waals surface area contributed by atoms with Crippen LogP contribution in [0.3, 0.4) is 0 Å². The minimum atomic E-state index is 0.122. The Morgan fingerprint density at radius 3 is 2.30 bits per heavy atom. The molecule has 0 bridgehead atoms. The van der Waals surface area contributed by atoms with Crippen molar-refractivity contribution in [2.75, 3.05) is 0 Å². The highest BCUT2D eigenvalue weighted by Crippen LogP contribution is 2.39. The van der Waals surface area contributed by atoms with E-state index in [2.05, 4.69) is 114 Å². The Morgan fingerprint density at radius 1 is 0.576 bits per heavy atom. The van der Waals surface area contributed by atoms with Crippen LogP contribution in [0, 0.1) is 0 Å². The summed E-state index contributed by atoms with van der Waals surface area (Å²) in [5.41, 5.74) is 10.1. The molecule has 33 heavy (non-hydrogen) atoms. The van der Waals surface area contributed by atoms with Crippen molar-refractivity contribution in [3.63, 3.8) is 0 Å². The number of hydrogen-bond acceptors (Lipinski definition) is 1. The number of aromatic nitrogens is 1. The van der Waals surface area contributed by atoms with Gasteiger partial charge >= 0.3 is 0 Å². The highest BCUT2D eigenvalue weighted by molar-refractivity contribution is 7.00. The Kier molecular flexibility index (Phi) is 3.24. The number of hydrogen-bond donors (Lipinski definition) is 0. The van der Waals surface area contributed by atoms with Gasteiger partial charge in [-0.15, -0.1) is 0 Å². The molecule has 152 valence electrons. The molecule has 2 nitrogen and oxygen atoms in total. The molecule has 0 unspecified atom stereocenters. The Balaban J connectivity index is 1.57. The van der Waals surface area contributed by atoms with Crippen LogP contribution in [0.1, 0.15) is 0 Å². The monoisotopic (exact) mass is 419 g/mol. The molecule has 0 spiro atoms. The predicted octanol–water partition coefficient (Wildman–Crippen LogP) is 5.39. The van der Waals surface area contributed by atoms with E-state index in [1.807, 2.05) is 0 Å². The lowest BCUT2D eigenvalue weighted by Gasteiger charge is -2.34. The third kappa shape index (κ3) is 2.14. The van der Waals surface area contributed by atoms with Gasteiger partial charge in [-0.1, -0.05) is 78.9 Å². The van der Waals surface area contributed by atoms with Crippen LogP contribution in [-0.2, 0) is 0 Å². The van der Waals surface area contributed by atoms with E-state index >= 15 is 0 Å². The Morgan fingerprint density at radius 2 is 1.36 bits per heavy atom. The van der Waals surface area contributed by atoms with Gasteiger partial charge in [-0.05, 0) is 57.8 Å². The molecule has 0 amide bonds. The molecule has 6 aromatic rings. The normalized spacial score (nSPS) is 13.0. The van der Waals surface area contributed by atoms with Crippen LogP contribution in [-0.4, -0.2) is 11.3 Å². The topological polar surface area (TPSA) is 14.2 Å². The zero-order valence-electron chi connectivity index (χ0n) is 17.8. The first kappa shape index (κ1) is 17.3. The van der Waals surface area contributed by atoms with Crippen LogP contribution in [0.2, 0.25) is 0 Å². The van der Waals surface area contributed by atoms with Gasteiger partial charge in [-0.3, -0.25) is 0 Å². The summed E-state index contributed by atoms with van der Waals surface area (Å²) >= 11 is 0. The van der Waals surface area contributed by atoms with E-state index in [1.165, 1.54) is 55.0 Å². The van der Waals surface area contributed by atoms with Gasteiger partial charge in [0, 0.05) is 16.5 Å². The average molecular weight is 419 g/mol. The molecular weight excluding hydrogens is 401 g/mol. The van der Waals surface area contributed by atoms with Crippen molar-refractivity contribution in [1.82, 2.24) is 4.57 Å². The zero-order chi connectivity index (χ0) is 21.5. The van der Waals surface area contributed by atoms with Crippen molar-refractivity contribution in [2.45, 2.75) is 0 Å². The van der Waals surface area contributed by atoms with Gasteiger partial charge < -0.3 is 9.30 Å². The van der Waals surface area contributed by atoms with Crippen LogP contribution in [0.15, 0.2) is 109 Å². The van der Waals surface area contributed by atoms with Gasteiger partial charge in [0.15, 0.2) is 0 Å². The molecule has 0 saturated carbocycles. The number of rotatable bonds is 1. The van der Waals surface area contributed by atoms with Crippen molar-refractivity contribution in [1.29, 1.82) is 0 Å². The van der Waals surface area contributed by atoms with Crippen LogP contribution in [0.4, 0.5) is 0 Å². The van der Waals surface area contributed by atoms with E-state index in [4.69, 9.17) is 4.74 Å². The maximum Gasteiger partial charge on any atom is 0.257 e. The van der Waals surface area contributed by atoms with Gasteiger partial charge in [0.25, 0.3) is 6.71 Å². The summed E-state index contributed by atoms with van der Waals surface area (Å²) in [5, 5.41) is 2.57. The van der Waals surface area contributed by atoms with Crippen molar-refractivity contribution in [3.05, 3.63) is 109 Å². The fraction of sp³-hybridized carbons (Fsp3) is 0. The average Bonchev–Trinajstić information content (AvgIpc) is 3.23. The maximum atomic E-state index is 6.60. The summed E-state index contributed by atoms with van der Waals surface area (Å²) < 4.78 is 9.04. The fourth-order valence-corrected chi connectivity index (χ4v) is 5.99. The van der Waals surface area contributed by atoms with Crippen LogP contribution in [0.5, 0.6) is 11.5 Å². The molecule has 0 radical (unpaired) electrons. The highest BCUT2D eigenvalue weighted by atomic mass is 16.5. The summed E-state index contributed by atoms with van der Waals surface area (Å²) in [4.78, 5) is 0. The van der Waals surface area contributed by atoms with E-state index < -0.39 is 0 Å². The van der Waals surface area contributed by atoms with Crippen LogP contribution < -0.4 is 21.1 Å². The van der Waals surface area contributed by atoms with Crippen LogP contribution in [0.25, 0.3) is 38.6 Å². The second-order valence-electron chi connectivity index (χ2n) is 8.90. The SMILES string of the molecule is c1ccc(-c2cccc3c2B2c4ccccc4-n4c5ccccc5c5ccc(c2c54)O3)cc1. The summed E-state index contributed by atoms with van der Waals surface area (Å²) in [6.45, 7) is 0.122. The Labute approximate surface area is 191 Å². The van der Waals surface area contributed by atoms with Gasteiger partial charge in [0.05, 0.1) is 11.0 Å². The third-order valence-electron chi connectivity index (χ3n) is 7.27. The van der Waals surface area contributed by atoms with Crippen molar-refractivity contribution >= 4 is 44.9 Å². The minimum absolute atomic E-state index is 0.122. The molecule has 0 atom stereocenters. The number of para-hydroxylation sites is 2. The predicted molar refractivity (Wildman–Crippen MR) is 137 cm³/mol. The van der Waals surface area contributed by atoms with Crippen molar-refractivity contribution in [2.24, 2.45) is 0 Å². The number of nitrogens with zero attached hydrogens (tertiary/aromatic N) is 1. The standard InChI is InChI=1S/C30H18BNO/c1-2-9-19(10-3-1)20-12-8-16-26-28(20)31-23-13-5-7-15-25(23)32-24-14-6-4-11-21(24)22-17-18-27(33-26)29(31)30(22)32/h1-18H. The lowest BCUT2D eigenvalue weighted by atomic mass is 9.33. The molecule has 3 heteroatoms. The zero-order valence-corrected chi connectivity index (χ0v) is 17.8. The van der Waals surface area contributed by atoms with Crippen LogP contribution >= 0.6 is 0 Å². The largest absolute Gasteiger partial charge is 0.458 e. The van der Waals surface area contributed by atoms with Crippen molar-refractivity contribution in [3.8, 4) is 28.3 Å². The fourth-order valence-electron chi connectivity index (χ4n) is 5.99. The van der Waals surface area contributed by atoms with Gasteiger partial charge in [-0.25, -0.2) is 0 Å². The molecule has 2 aliphatic heterocycles. The molecule has 3 heterocycles. The molecule has 1 aromatic heterocycles. The summed E-state index contributed by atoms with van der Waals surface area (Å²) in [6, 6.07) is 39.1. The molecular formula is C30H18BNO. The lowest BCUT2D eigenvalue weighted by Crippen LogP contribution is -2.58. The summed E-state index contributed by atoms with van der Waals surface area (Å²) in [7, 11) is 0. The molecule has 0 aliphatic carbocycles. The quantitative estimate of drug-likeness (QED) is 0.326. The molecule has 0 N–H and O–H groups in total. The Hall–Kier alpha value is -4.24. The van der Waals surface area contributed by atoms with E-state index in [0.29, 0.717) is 0 Å². The first-order chi connectivity index (χ1) is 16.4. The van der Waals surface area contributed by atoms with E-state index in [0.717, 1.165) is 11.5 Å². The van der Waals surface area contributed by atoms with Gasteiger partial charge in [0.2, 0.25) is 0 Å². The number of ether oxygens (including phenoxy) is 1. The second-order valence-corrected chi connectivity index (χ2v) is 8.90. The molecule has 5 aromatic carbocycles. The third-order valence-corrected chi connectivity index (χ3v) is 7.27. The summed E-state index contributed by atoms with van der Waals surface area (Å²) in [6.07, 6.45) is 0. The number of fused-ring (bicyclic) bond motifs is 8. The number of benzene rings is 5. The van der Waals surface area contributed by atoms with E-state index in [1.54, 1.807) is 0 Å². The van der Waals surface area contributed by atoms with E-state index in [-0.39, 0.29) is 6.71 Å². The molecule has 0 fully saturated rings. The molecule has 2 aliphatic rings. The first-order valence-corrected chi connectivity index (χ1v) is 11.4. The minimum Gasteiger partial charge on any atom is -0.458 e. The second kappa shape index (κ2) is 6.17. The lowest BCUT2D eigenvalue weighted by molar-refractivity contribution is 0.488.